The smallest absolute Gasteiger partial charge is 0.146 e. The Morgan fingerprint density at radius 3 is 2.81 bits per heavy atom. The van der Waals surface area contributed by atoms with Gasteiger partial charge in [-0.3, -0.25) is 9.67 Å². The van der Waals surface area contributed by atoms with Crippen LogP contribution in [0.4, 0.5) is 4.39 Å². The summed E-state index contributed by atoms with van der Waals surface area (Å²) in [4.78, 5) is 3.83. The van der Waals surface area contributed by atoms with Gasteiger partial charge in [0.05, 0.1) is 11.9 Å². The van der Waals surface area contributed by atoms with Gasteiger partial charge in [0, 0.05) is 37.0 Å². The third-order valence-electron chi connectivity index (χ3n) is 3.62. The fraction of sp³-hybridized carbons (Fsp3) is 0.500. The monoisotopic (exact) mass is 290 g/mol. The van der Waals surface area contributed by atoms with E-state index in [-0.39, 0.29) is 11.9 Å². The highest BCUT2D eigenvalue weighted by atomic mass is 19.1. The van der Waals surface area contributed by atoms with Gasteiger partial charge in [-0.2, -0.15) is 5.10 Å². The van der Waals surface area contributed by atoms with Crippen molar-refractivity contribution in [3.8, 4) is 0 Å². The average molecular weight is 290 g/mol. The second kappa shape index (κ2) is 7.31. The van der Waals surface area contributed by atoms with Gasteiger partial charge in [0.1, 0.15) is 5.82 Å². The zero-order chi connectivity index (χ0) is 15.2. The lowest BCUT2D eigenvalue weighted by Crippen LogP contribution is -2.25. The lowest BCUT2D eigenvalue weighted by molar-refractivity contribution is 0.483. The van der Waals surface area contributed by atoms with E-state index >= 15 is 0 Å². The fourth-order valence-corrected chi connectivity index (χ4v) is 2.42. The summed E-state index contributed by atoms with van der Waals surface area (Å²) in [6.45, 7) is 5.04. The standard InChI is InChI=1S/C16H23FN4/c1-4-7-19-16(14-6-8-18-11-15(14)17)10-13-9-12(5-2)20-21(13)3/h6,8-9,11,16,19H,4-5,7,10H2,1-3H3. The highest BCUT2D eigenvalue weighted by Crippen LogP contribution is 2.21. The summed E-state index contributed by atoms with van der Waals surface area (Å²) in [5, 5.41) is 7.88. The van der Waals surface area contributed by atoms with Crippen LogP contribution in [0.5, 0.6) is 0 Å². The van der Waals surface area contributed by atoms with Gasteiger partial charge in [0.15, 0.2) is 0 Å². The van der Waals surface area contributed by atoms with Gasteiger partial charge in [0.2, 0.25) is 0 Å². The molecule has 0 amide bonds. The van der Waals surface area contributed by atoms with Gasteiger partial charge in [-0.25, -0.2) is 4.39 Å². The van der Waals surface area contributed by atoms with E-state index in [0.29, 0.717) is 12.0 Å². The molecule has 0 bridgehead atoms. The molecule has 1 N–H and O–H groups in total. The maximum absolute atomic E-state index is 14.0. The van der Waals surface area contributed by atoms with E-state index in [9.17, 15) is 4.39 Å². The quantitative estimate of drug-likeness (QED) is 0.852. The number of aromatic nitrogens is 3. The van der Waals surface area contributed by atoms with Crippen LogP contribution < -0.4 is 5.32 Å². The van der Waals surface area contributed by atoms with Crippen LogP contribution in [-0.4, -0.2) is 21.3 Å². The van der Waals surface area contributed by atoms with Crippen molar-refractivity contribution in [3.63, 3.8) is 0 Å². The van der Waals surface area contributed by atoms with Crippen molar-refractivity contribution in [3.05, 3.63) is 47.3 Å². The number of pyridine rings is 1. The second-order valence-electron chi connectivity index (χ2n) is 5.21. The molecule has 0 aliphatic rings. The van der Waals surface area contributed by atoms with E-state index in [4.69, 9.17) is 0 Å². The van der Waals surface area contributed by atoms with E-state index in [1.54, 1.807) is 12.3 Å². The summed E-state index contributed by atoms with van der Waals surface area (Å²) in [6, 6.07) is 3.78. The summed E-state index contributed by atoms with van der Waals surface area (Å²) < 4.78 is 15.9. The first kappa shape index (κ1) is 15.6. The number of aryl methyl sites for hydroxylation is 2. The van der Waals surface area contributed by atoms with Gasteiger partial charge in [0.25, 0.3) is 0 Å². The van der Waals surface area contributed by atoms with Gasteiger partial charge >= 0.3 is 0 Å². The molecule has 2 aromatic rings. The maximum atomic E-state index is 14.0. The molecule has 2 rings (SSSR count). The topological polar surface area (TPSA) is 42.7 Å². The molecule has 1 atom stereocenters. The molecule has 0 saturated heterocycles. The molecular formula is C16H23FN4. The van der Waals surface area contributed by atoms with Crippen molar-refractivity contribution < 1.29 is 4.39 Å². The molecule has 1 unspecified atom stereocenters. The normalized spacial score (nSPS) is 12.6. The zero-order valence-electron chi connectivity index (χ0n) is 12.9. The highest BCUT2D eigenvalue weighted by molar-refractivity contribution is 5.21. The van der Waals surface area contributed by atoms with Crippen LogP contribution in [0.15, 0.2) is 24.5 Å². The lowest BCUT2D eigenvalue weighted by Gasteiger charge is -2.19. The first-order valence-corrected chi connectivity index (χ1v) is 7.50. The molecule has 0 radical (unpaired) electrons. The Balaban J connectivity index is 2.24. The second-order valence-corrected chi connectivity index (χ2v) is 5.21. The fourth-order valence-electron chi connectivity index (χ4n) is 2.42. The van der Waals surface area contributed by atoms with Gasteiger partial charge < -0.3 is 5.32 Å². The summed E-state index contributed by atoms with van der Waals surface area (Å²) in [5.74, 6) is -0.260. The third-order valence-corrected chi connectivity index (χ3v) is 3.62. The number of rotatable bonds is 7. The first-order chi connectivity index (χ1) is 10.2. The maximum Gasteiger partial charge on any atom is 0.146 e. The molecule has 0 fully saturated rings. The predicted molar refractivity (Wildman–Crippen MR) is 81.5 cm³/mol. The minimum absolute atomic E-state index is 0.0620. The SMILES string of the molecule is CCCNC(Cc1cc(CC)nn1C)c1ccncc1F. The summed E-state index contributed by atoms with van der Waals surface area (Å²) >= 11 is 0. The largest absolute Gasteiger partial charge is 0.310 e. The number of halogens is 1. The molecule has 5 heteroatoms. The van der Waals surface area contributed by atoms with Crippen molar-refractivity contribution in [2.75, 3.05) is 6.54 Å². The Bertz CT molecular complexity index is 579. The zero-order valence-corrected chi connectivity index (χ0v) is 12.9. The molecule has 0 aliphatic heterocycles. The molecule has 0 saturated carbocycles. The minimum Gasteiger partial charge on any atom is -0.310 e. The summed E-state index contributed by atoms with van der Waals surface area (Å²) in [6.07, 6.45) is 5.54. The molecule has 2 heterocycles. The van der Waals surface area contributed by atoms with Crippen LogP contribution in [0.25, 0.3) is 0 Å². The highest BCUT2D eigenvalue weighted by Gasteiger charge is 2.18. The molecule has 4 nitrogen and oxygen atoms in total. The van der Waals surface area contributed by atoms with Crippen molar-refractivity contribution >= 4 is 0 Å². The van der Waals surface area contributed by atoms with Gasteiger partial charge in [-0.05, 0) is 31.5 Å². The van der Waals surface area contributed by atoms with Crippen LogP contribution in [0.2, 0.25) is 0 Å². The minimum atomic E-state index is -0.260. The number of nitrogens with one attached hydrogen (secondary N) is 1. The Labute approximate surface area is 125 Å². The van der Waals surface area contributed by atoms with Gasteiger partial charge in [-0.1, -0.05) is 13.8 Å². The average Bonchev–Trinajstić information content (AvgIpc) is 2.84. The Morgan fingerprint density at radius 1 is 1.38 bits per heavy atom. The lowest BCUT2D eigenvalue weighted by atomic mass is 10.0. The van der Waals surface area contributed by atoms with Crippen molar-refractivity contribution in [2.24, 2.45) is 7.05 Å². The molecule has 0 aromatic carbocycles. The third kappa shape index (κ3) is 3.88. The Morgan fingerprint density at radius 2 is 2.19 bits per heavy atom. The van der Waals surface area contributed by atoms with Crippen molar-refractivity contribution in [1.29, 1.82) is 0 Å². The summed E-state index contributed by atoms with van der Waals surface area (Å²) in [5.41, 5.74) is 2.84. The molecule has 2 aromatic heterocycles. The Kier molecular flexibility index (Phi) is 5.44. The van der Waals surface area contributed by atoms with Crippen LogP contribution in [0.3, 0.4) is 0 Å². The van der Waals surface area contributed by atoms with Crippen LogP contribution in [0, 0.1) is 5.82 Å². The van der Waals surface area contributed by atoms with E-state index < -0.39 is 0 Å². The van der Waals surface area contributed by atoms with E-state index in [1.807, 2.05) is 11.7 Å². The number of hydrogen-bond donors (Lipinski definition) is 1. The van der Waals surface area contributed by atoms with Crippen LogP contribution in [-0.2, 0) is 19.9 Å². The van der Waals surface area contributed by atoms with Crippen molar-refractivity contribution in [2.45, 2.75) is 39.2 Å². The number of hydrogen-bond acceptors (Lipinski definition) is 3. The molecule has 0 spiro atoms. The molecule has 114 valence electrons. The molecule has 21 heavy (non-hydrogen) atoms. The van der Waals surface area contributed by atoms with Crippen molar-refractivity contribution in [1.82, 2.24) is 20.1 Å². The summed E-state index contributed by atoms with van der Waals surface area (Å²) in [7, 11) is 1.94. The molecular weight excluding hydrogens is 267 g/mol. The van der Waals surface area contributed by atoms with E-state index in [1.165, 1.54) is 6.20 Å². The number of nitrogens with zero attached hydrogens (tertiary/aromatic N) is 3. The molecule has 0 aliphatic carbocycles. The Hall–Kier alpha value is -1.75. The first-order valence-electron chi connectivity index (χ1n) is 7.50. The van der Waals surface area contributed by atoms with Crippen LogP contribution in [0.1, 0.15) is 43.3 Å². The van der Waals surface area contributed by atoms with E-state index in [0.717, 1.165) is 30.8 Å². The van der Waals surface area contributed by atoms with Gasteiger partial charge in [-0.15, -0.1) is 0 Å². The van der Waals surface area contributed by atoms with Crippen LogP contribution >= 0.6 is 0 Å². The predicted octanol–water partition coefficient (Wildman–Crippen LogP) is 2.80. The van der Waals surface area contributed by atoms with E-state index in [2.05, 4.69) is 35.3 Å².